The molecule has 0 radical (unpaired) electrons. The van der Waals surface area contributed by atoms with Crippen molar-refractivity contribution in [3.8, 4) is 11.5 Å². The van der Waals surface area contributed by atoms with Crippen molar-refractivity contribution in [2.45, 2.75) is 44.9 Å². The summed E-state index contributed by atoms with van der Waals surface area (Å²) in [6.45, 7) is 5.55. The number of ether oxygens (including phenoxy) is 1. The van der Waals surface area contributed by atoms with Crippen LogP contribution in [0, 0.1) is 20.8 Å². The highest BCUT2D eigenvalue weighted by atomic mass is 32.2. The van der Waals surface area contributed by atoms with Crippen LogP contribution in [0.5, 0.6) is 11.5 Å². The Bertz CT molecular complexity index is 2490. The second-order valence-electron chi connectivity index (χ2n) is 12.4. The lowest BCUT2D eigenvalue weighted by Crippen LogP contribution is -2.08. The predicted molar refractivity (Wildman–Crippen MR) is 203 cm³/mol. The van der Waals surface area contributed by atoms with Crippen molar-refractivity contribution >= 4 is 65.1 Å². The van der Waals surface area contributed by atoms with Gasteiger partial charge in [-0.2, -0.15) is 37.3 Å². The molecule has 54 heavy (non-hydrogen) atoms. The van der Waals surface area contributed by atoms with Crippen LogP contribution < -0.4 is 4.74 Å². The average molecular weight is 775 g/mol. The first-order chi connectivity index (χ1) is 25.6. The molecule has 0 atom stereocenters. The van der Waals surface area contributed by atoms with Gasteiger partial charge in [0.15, 0.2) is 5.75 Å². The van der Waals surface area contributed by atoms with Gasteiger partial charge in [-0.15, -0.1) is 10.2 Å². The quantitative estimate of drug-likeness (QED) is 0.0450. The molecule has 0 aliphatic carbocycles. The summed E-state index contributed by atoms with van der Waals surface area (Å²) in [5.41, 5.74) is 5.60. The molecule has 17 heteroatoms. The normalized spacial score (nSPS) is 12.5. The monoisotopic (exact) mass is 774 g/mol. The number of nitrogens with zero attached hydrogens (tertiary/aromatic N) is 6. The SMILES string of the molecule is Cc1ccc2c(O)c(N=Nc3cc(C)c(N=Nc4ccc(N=Nc5ccc(S(=O)(=O)O)cc5)cc4OCCCS(=O)(=O)O)cc3C)c(CCCO)cc2c1. The van der Waals surface area contributed by atoms with Crippen molar-refractivity contribution < 1.29 is 40.9 Å². The molecule has 4 N–H and O–H groups in total. The Labute approximate surface area is 312 Å². The van der Waals surface area contributed by atoms with Gasteiger partial charge in [0, 0.05) is 18.1 Å². The molecule has 0 spiro atoms. The topological polar surface area (TPSA) is 233 Å². The van der Waals surface area contributed by atoms with E-state index in [1.165, 1.54) is 30.3 Å². The fourth-order valence-electron chi connectivity index (χ4n) is 5.32. The van der Waals surface area contributed by atoms with Crippen molar-refractivity contribution in [3.63, 3.8) is 0 Å². The van der Waals surface area contributed by atoms with Crippen LogP contribution in [-0.2, 0) is 26.7 Å². The van der Waals surface area contributed by atoms with Crippen molar-refractivity contribution in [2.24, 2.45) is 30.7 Å². The van der Waals surface area contributed by atoms with E-state index in [0.717, 1.165) is 27.6 Å². The maximum absolute atomic E-state index is 11.3. The highest BCUT2D eigenvalue weighted by Crippen LogP contribution is 2.41. The van der Waals surface area contributed by atoms with E-state index in [4.69, 9.17) is 9.29 Å². The van der Waals surface area contributed by atoms with Crippen molar-refractivity contribution in [2.75, 3.05) is 19.0 Å². The Morgan fingerprint density at radius 1 is 0.667 bits per heavy atom. The number of fused-ring (bicyclic) bond motifs is 1. The summed E-state index contributed by atoms with van der Waals surface area (Å²) in [7, 11) is -8.55. The van der Waals surface area contributed by atoms with E-state index in [1.54, 1.807) is 24.3 Å². The standard InChI is InChI=1S/C37H38N6O9S2/c1-23-7-13-31-27(18-23)21-26(6-4-15-44)36(37(31)45)43-42-34-20-24(2)33(19-25(34)3)41-40-32-14-10-29(22-35(32)52-16-5-17-53(46,47)48)39-38-28-8-11-30(12-9-28)54(49,50)51/h7-14,18-22,44-45H,4-6,15-17H2,1-3H3,(H,46,47,48)(H,49,50,51). The van der Waals surface area contributed by atoms with E-state index in [9.17, 15) is 31.6 Å². The fourth-order valence-corrected chi connectivity index (χ4v) is 6.29. The zero-order valence-electron chi connectivity index (χ0n) is 29.6. The van der Waals surface area contributed by atoms with Gasteiger partial charge in [0.05, 0.1) is 40.0 Å². The number of hydrogen-bond donors (Lipinski definition) is 4. The van der Waals surface area contributed by atoms with E-state index in [-0.39, 0.29) is 41.7 Å². The minimum atomic E-state index is -4.36. The smallest absolute Gasteiger partial charge is 0.294 e. The van der Waals surface area contributed by atoms with Crippen LogP contribution in [0.2, 0.25) is 0 Å². The number of rotatable bonds is 15. The van der Waals surface area contributed by atoms with Gasteiger partial charge < -0.3 is 14.9 Å². The zero-order valence-corrected chi connectivity index (χ0v) is 31.2. The minimum absolute atomic E-state index is 0.00479. The number of aryl methyl sites for hydroxylation is 4. The van der Waals surface area contributed by atoms with E-state index < -0.39 is 26.0 Å². The first kappa shape index (κ1) is 39.7. The lowest BCUT2D eigenvalue weighted by molar-refractivity contribution is 0.288. The molecular formula is C37H38N6O9S2. The van der Waals surface area contributed by atoms with Crippen molar-refractivity contribution in [1.82, 2.24) is 0 Å². The number of aromatic hydroxyl groups is 1. The molecule has 15 nitrogen and oxygen atoms in total. The Morgan fingerprint density at radius 3 is 1.94 bits per heavy atom. The van der Waals surface area contributed by atoms with Crippen molar-refractivity contribution in [3.05, 3.63) is 101 Å². The third-order valence-electron chi connectivity index (χ3n) is 8.13. The molecule has 5 aromatic carbocycles. The van der Waals surface area contributed by atoms with E-state index in [1.807, 2.05) is 45.0 Å². The van der Waals surface area contributed by atoms with E-state index in [0.29, 0.717) is 46.7 Å². The molecular weight excluding hydrogens is 737 g/mol. The van der Waals surface area contributed by atoms with Gasteiger partial charge in [-0.1, -0.05) is 23.8 Å². The van der Waals surface area contributed by atoms with Gasteiger partial charge in [0.25, 0.3) is 20.2 Å². The highest BCUT2D eigenvalue weighted by molar-refractivity contribution is 7.86. The lowest BCUT2D eigenvalue weighted by Gasteiger charge is -2.11. The number of phenols is 1. The number of aliphatic hydroxyl groups is 1. The maximum Gasteiger partial charge on any atom is 0.294 e. The second-order valence-corrected chi connectivity index (χ2v) is 15.4. The molecule has 0 heterocycles. The fraction of sp³-hybridized carbons (Fsp3) is 0.243. The number of hydrogen-bond acceptors (Lipinski definition) is 13. The van der Waals surface area contributed by atoms with Crippen LogP contribution in [0.15, 0.2) is 114 Å². The van der Waals surface area contributed by atoms with Gasteiger partial charge in [-0.05, 0) is 117 Å². The first-order valence-corrected chi connectivity index (χ1v) is 19.7. The number of benzene rings is 5. The summed E-state index contributed by atoms with van der Waals surface area (Å²) < 4.78 is 69.1. The Hall–Kier alpha value is -5.46. The molecule has 0 amide bonds. The summed E-state index contributed by atoms with van der Waals surface area (Å²) in [6.07, 6.45) is 0.996. The molecule has 0 saturated heterocycles. The third-order valence-corrected chi connectivity index (χ3v) is 9.80. The summed E-state index contributed by atoms with van der Waals surface area (Å²) >= 11 is 0. The number of azo groups is 3. The number of aliphatic hydroxyl groups excluding tert-OH is 1. The molecule has 0 aliphatic rings. The predicted octanol–water partition coefficient (Wildman–Crippen LogP) is 9.55. The molecule has 0 aromatic heterocycles. The van der Waals surface area contributed by atoms with E-state index in [2.05, 4.69) is 30.7 Å². The van der Waals surface area contributed by atoms with Crippen LogP contribution in [0.1, 0.15) is 35.1 Å². The molecule has 0 saturated carbocycles. The second kappa shape index (κ2) is 17.1. The average Bonchev–Trinajstić information content (AvgIpc) is 3.11. The van der Waals surface area contributed by atoms with E-state index >= 15 is 0 Å². The summed E-state index contributed by atoms with van der Waals surface area (Å²) in [5, 5.41) is 48.1. The maximum atomic E-state index is 11.3. The van der Waals surface area contributed by atoms with Gasteiger partial charge in [0.1, 0.15) is 17.1 Å². The molecule has 0 fully saturated rings. The highest BCUT2D eigenvalue weighted by Gasteiger charge is 2.15. The molecule has 0 bridgehead atoms. The van der Waals surface area contributed by atoms with Gasteiger partial charge >= 0.3 is 0 Å². The van der Waals surface area contributed by atoms with Crippen LogP contribution >= 0.6 is 0 Å². The Balaban J connectivity index is 1.41. The summed E-state index contributed by atoms with van der Waals surface area (Å²) in [6, 6.07) is 21.1. The van der Waals surface area contributed by atoms with Gasteiger partial charge in [0.2, 0.25) is 0 Å². The molecule has 0 unspecified atom stereocenters. The molecule has 282 valence electrons. The molecule has 5 rings (SSSR count). The lowest BCUT2D eigenvalue weighted by atomic mass is 9.99. The first-order valence-electron chi connectivity index (χ1n) is 16.6. The summed E-state index contributed by atoms with van der Waals surface area (Å²) in [4.78, 5) is -0.290. The van der Waals surface area contributed by atoms with Gasteiger partial charge in [-0.3, -0.25) is 9.11 Å². The third kappa shape index (κ3) is 10.6. The van der Waals surface area contributed by atoms with Gasteiger partial charge in [-0.25, -0.2) is 0 Å². The molecule has 0 aliphatic heterocycles. The van der Waals surface area contributed by atoms with Crippen LogP contribution in [-0.4, -0.2) is 55.1 Å². The largest absolute Gasteiger partial charge is 0.505 e. The van der Waals surface area contributed by atoms with Crippen LogP contribution in [0.4, 0.5) is 34.1 Å². The number of phenolic OH excluding ortho intramolecular Hbond substituents is 1. The van der Waals surface area contributed by atoms with Crippen LogP contribution in [0.3, 0.4) is 0 Å². The summed E-state index contributed by atoms with van der Waals surface area (Å²) in [5.74, 6) is -0.286. The Morgan fingerprint density at radius 2 is 1.30 bits per heavy atom. The Kier molecular flexibility index (Phi) is 12.6. The minimum Gasteiger partial charge on any atom is -0.505 e. The van der Waals surface area contributed by atoms with Crippen LogP contribution in [0.25, 0.3) is 10.8 Å². The van der Waals surface area contributed by atoms with Crippen molar-refractivity contribution in [1.29, 1.82) is 0 Å². The zero-order chi connectivity index (χ0) is 39.0. The molecule has 5 aromatic rings.